The number of benzene rings is 1. The highest BCUT2D eigenvalue weighted by molar-refractivity contribution is 5.71. The first kappa shape index (κ1) is 10.9. The topological polar surface area (TPSA) is 24.1 Å². The Labute approximate surface area is 102 Å². The zero-order valence-electron chi connectivity index (χ0n) is 10.3. The second-order valence-corrected chi connectivity index (χ2v) is 5.44. The van der Waals surface area contributed by atoms with E-state index in [0.29, 0.717) is 5.56 Å². The zero-order chi connectivity index (χ0) is 11.9. The molecule has 0 unspecified atom stereocenters. The molecular weight excluding hydrogens is 215 g/mol. The number of rotatable bonds is 0. The fourth-order valence-electron chi connectivity index (χ4n) is 3.14. The molecule has 1 aliphatic carbocycles. The van der Waals surface area contributed by atoms with E-state index in [4.69, 9.17) is 0 Å². The third kappa shape index (κ3) is 1.88. The van der Waals surface area contributed by atoms with Crippen molar-refractivity contribution in [2.45, 2.75) is 44.6 Å². The summed E-state index contributed by atoms with van der Waals surface area (Å²) in [6, 6.07) is 3.55. The van der Waals surface area contributed by atoms with E-state index in [-0.39, 0.29) is 11.4 Å². The summed E-state index contributed by atoms with van der Waals surface area (Å²) < 4.78 is 13.5. The van der Waals surface area contributed by atoms with Crippen molar-refractivity contribution in [3.8, 4) is 0 Å². The SMILES string of the molecule is Cc1cc2c(cc1F)NCCC1(CCCC1)N2. The van der Waals surface area contributed by atoms with Crippen LogP contribution in [0.15, 0.2) is 12.1 Å². The molecule has 0 amide bonds. The number of aryl methyl sites for hydroxylation is 1. The van der Waals surface area contributed by atoms with Crippen LogP contribution >= 0.6 is 0 Å². The summed E-state index contributed by atoms with van der Waals surface area (Å²) >= 11 is 0. The Morgan fingerprint density at radius 3 is 2.65 bits per heavy atom. The molecule has 0 bridgehead atoms. The third-order valence-electron chi connectivity index (χ3n) is 4.18. The van der Waals surface area contributed by atoms with Crippen LogP contribution in [0.5, 0.6) is 0 Å². The van der Waals surface area contributed by atoms with Crippen LogP contribution in [0, 0.1) is 12.7 Å². The molecule has 1 fully saturated rings. The zero-order valence-corrected chi connectivity index (χ0v) is 10.3. The van der Waals surface area contributed by atoms with Gasteiger partial charge in [0, 0.05) is 12.1 Å². The van der Waals surface area contributed by atoms with E-state index in [2.05, 4.69) is 10.6 Å². The summed E-state index contributed by atoms with van der Waals surface area (Å²) in [5.74, 6) is -0.125. The fraction of sp³-hybridized carbons (Fsp3) is 0.571. The van der Waals surface area contributed by atoms with Crippen LogP contribution in [0.2, 0.25) is 0 Å². The summed E-state index contributed by atoms with van der Waals surface area (Å²) in [5.41, 5.74) is 2.95. The second kappa shape index (κ2) is 3.90. The van der Waals surface area contributed by atoms with Gasteiger partial charge in [0.2, 0.25) is 0 Å². The average Bonchev–Trinajstić information content (AvgIpc) is 2.66. The molecule has 3 rings (SSSR count). The molecule has 1 aromatic carbocycles. The first-order valence-electron chi connectivity index (χ1n) is 6.51. The highest BCUT2D eigenvalue weighted by Gasteiger charge is 2.35. The lowest BCUT2D eigenvalue weighted by atomic mass is 9.93. The molecule has 1 spiro atoms. The summed E-state index contributed by atoms with van der Waals surface area (Å²) in [6.07, 6.45) is 6.22. The van der Waals surface area contributed by atoms with Crippen LogP contribution < -0.4 is 10.6 Å². The molecule has 0 saturated heterocycles. The fourth-order valence-corrected chi connectivity index (χ4v) is 3.14. The monoisotopic (exact) mass is 234 g/mol. The molecule has 2 N–H and O–H groups in total. The van der Waals surface area contributed by atoms with Crippen molar-refractivity contribution in [2.24, 2.45) is 0 Å². The van der Waals surface area contributed by atoms with Crippen molar-refractivity contribution < 1.29 is 4.39 Å². The van der Waals surface area contributed by atoms with E-state index < -0.39 is 0 Å². The molecule has 1 heterocycles. The minimum Gasteiger partial charge on any atom is -0.383 e. The van der Waals surface area contributed by atoms with Gasteiger partial charge in [0.15, 0.2) is 0 Å². The normalized spacial score (nSPS) is 21.5. The quantitative estimate of drug-likeness (QED) is 0.715. The number of halogens is 1. The summed E-state index contributed by atoms with van der Waals surface area (Å²) in [6.45, 7) is 2.76. The Morgan fingerprint density at radius 2 is 1.88 bits per heavy atom. The van der Waals surface area contributed by atoms with Gasteiger partial charge in [-0.05, 0) is 43.9 Å². The van der Waals surface area contributed by atoms with Gasteiger partial charge in [0.25, 0.3) is 0 Å². The van der Waals surface area contributed by atoms with E-state index in [0.717, 1.165) is 24.3 Å². The standard InChI is InChI=1S/C14H19FN2/c1-10-8-13-12(9-11(10)15)16-7-6-14(17-13)4-2-3-5-14/h8-9,16-17H,2-7H2,1H3. The molecule has 2 nitrogen and oxygen atoms in total. The first-order valence-corrected chi connectivity index (χ1v) is 6.51. The van der Waals surface area contributed by atoms with E-state index in [1.54, 1.807) is 6.07 Å². The van der Waals surface area contributed by atoms with Crippen LogP contribution in [-0.4, -0.2) is 12.1 Å². The van der Waals surface area contributed by atoms with Crippen molar-refractivity contribution in [3.63, 3.8) is 0 Å². The maximum absolute atomic E-state index is 13.5. The molecule has 2 aliphatic rings. The number of fused-ring (bicyclic) bond motifs is 1. The minimum atomic E-state index is -0.125. The largest absolute Gasteiger partial charge is 0.383 e. The van der Waals surface area contributed by atoms with E-state index in [9.17, 15) is 4.39 Å². The van der Waals surface area contributed by atoms with E-state index in [1.807, 2.05) is 13.0 Å². The van der Waals surface area contributed by atoms with Gasteiger partial charge in [-0.2, -0.15) is 0 Å². The number of nitrogens with one attached hydrogen (secondary N) is 2. The molecule has 92 valence electrons. The number of anilines is 2. The molecule has 1 aromatic rings. The lowest BCUT2D eigenvalue weighted by molar-refractivity contribution is 0.461. The van der Waals surface area contributed by atoms with Gasteiger partial charge in [0.05, 0.1) is 11.4 Å². The molecule has 3 heteroatoms. The van der Waals surface area contributed by atoms with Crippen molar-refractivity contribution in [1.29, 1.82) is 0 Å². The van der Waals surface area contributed by atoms with Gasteiger partial charge >= 0.3 is 0 Å². The first-order chi connectivity index (χ1) is 8.19. The van der Waals surface area contributed by atoms with Crippen LogP contribution in [0.1, 0.15) is 37.7 Å². The van der Waals surface area contributed by atoms with Crippen molar-refractivity contribution in [1.82, 2.24) is 0 Å². The van der Waals surface area contributed by atoms with Crippen molar-refractivity contribution in [3.05, 3.63) is 23.5 Å². The lowest BCUT2D eigenvalue weighted by Crippen LogP contribution is -2.35. The van der Waals surface area contributed by atoms with Gasteiger partial charge in [-0.3, -0.25) is 0 Å². The molecule has 0 atom stereocenters. The predicted octanol–water partition coefficient (Wildman–Crippen LogP) is 3.67. The summed E-state index contributed by atoms with van der Waals surface area (Å²) in [5, 5.41) is 7.02. The predicted molar refractivity (Wildman–Crippen MR) is 69.1 cm³/mol. The van der Waals surface area contributed by atoms with Crippen molar-refractivity contribution in [2.75, 3.05) is 17.2 Å². The van der Waals surface area contributed by atoms with Gasteiger partial charge in [-0.15, -0.1) is 0 Å². The van der Waals surface area contributed by atoms with E-state index >= 15 is 0 Å². The van der Waals surface area contributed by atoms with Gasteiger partial charge in [-0.25, -0.2) is 4.39 Å². The van der Waals surface area contributed by atoms with E-state index in [1.165, 1.54) is 25.7 Å². The Bertz CT molecular complexity index is 436. The van der Waals surface area contributed by atoms with Crippen LogP contribution in [-0.2, 0) is 0 Å². The highest BCUT2D eigenvalue weighted by atomic mass is 19.1. The average molecular weight is 234 g/mol. The summed E-state index contributed by atoms with van der Waals surface area (Å²) in [4.78, 5) is 0. The molecule has 1 saturated carbocycles. The van der Waals surface area contributed by atoms with Crippen LogP contribution in [0.3, 0.4) is 0 Å². The molecular formula is C14H19FN2. The van der Waals surface area contributed by atoms with Gasteiger partial charge in [0.1, 0.15) is 5.82 Å². The summed E-state index contributed by atoms with van der Waals surface area (Å²) in [7, 11) is 0. The highest BCUT2D eigenvalue weighted by Crippen LogP contribution is 2.40. The maximum atomic E-state index is 13.5. The molecule has 0 aromatic heterocycles. The number of hydrogen-bond donors (Lipinski definition) is 2. The Hall–Kier alpha value is -1.25. The number of hydrogen-bond acceptors (Lipinski definition) is 2. The van der Waals surface area contributed by atoms with Gasteiger partial charge in [-0.1, -0.05) is 12.8 Å². The molecule has 17 heavy (non-hydrogen) atoms. The smallest absolute Gasteiger partial charge is 0.128 e. The van der Waals surface area contributed by atoms with Crippen molar-refractivity contribution >= 4 is 11.4 Å². The van der Waals surface area contributed by atoms with Crippen LogP contribution in [0.25, 0.3) is 0 Å². The second-order valence-electron chi connectivity index (χ2n) is 5.44. The molecule has 1 aliphatic heterocycles. The Morgan fingerprint density at radius 1 is 1.12 bits per heavy atom. The Kier molecular flexibility index (Phi) is 2.49. The van der Waals surface area contributed by atoms with Gasteiger partial charge < -0.3 is 10.6 Å². The minimum absolute atomic E-state index is 0.125. The lowest BCUT2D eigenvalue weighted by Gasteiger charge is -2.29. The third-order valence-corrected chi connectivity index (χ3v) is 4.18. The maximum Gasteiger partial charge on any atom is 0.128 e. The molecule has 0 radical (unpaired) electrons. The van der Waals surface area contributed by atoms with Crippen LogP contribution in [0.4, 0.5) is 15.8 Å². The Balaban J connectivity index is 1.98.